The first-order chi connectivity index (χ1) is 16.8. The Morgan fingerprint density at radius 2 is 1.74 bits per heavy atom. The third-order valence-corrected chi connectivity index (χ3v) is 5.29. The van der Waals surface area contributed by atoms with Crippen molar-refractivity contribution in [1.29, 1.82) is 0 Å². The van der Waals surface area contributed by atoms with Gasteiger partial charge in [0.05, 0.1) is 25.5 Å². The summed E-state index contributed by atoms with van der Waals surface area (Å²) >= 11 is 0. The number of carbonyl (C=O) groups is 2. The summed E-state index contributed by atoms with van der Waals surface area (Å²) in [4.78, 5) is 42.1. The number of nitrogens with zero attached hydrogens (tertiary/aromatic N) is 2. The van der Waals surface area contributed by atoms with Crippen molar-refractivity contribution in [2.45, 2.75) is 20.5 Å². The van der Waals surface area contributed by atoms with E-state index < -0.39 is 17.4 Å². The number of aryl methyl sites for hydroxylation is 1. The van der Waals surface area contributed by atoms with Crippen LogP contribution in [-0.2, 0) is 11.3 Å². The average Bonchev–Trinajstić information content (AvgIpc) is 3.24. The maximum absolute atomic E-state index is 12.8. The van der Waals surface area contributed by atoms with Gasteiger partial charge in [0.15, 0.2) is 5.65 Å². The number of hydrogen-bond acceptors (Lipinski definition) is 8. The molecule has 0 atom stereocenters. The molecule has 0 saturated heterocycles. The normalized spacial score (nSPS) is 10.7. The zero-order valence-corrected chi connectivity index (χ0v) is 19.6. The van der Waals surface area contributed by atoms with Crippen molar-refractivity contribution in [1.82, 2.24) is 9.56 Å². The molecule has 0 radical (unpaired) electrons. The Kier molecular flexibility index (Phi) is 6.54. The summed E-state index contributed by atoms with van der Waals surface area (Å²) in [5.41, 5.74) is 1.77. The number of methoxy groups -OCH3 is 2. The Balaban J connectivity index is 1.50. The highest BCUT2D eigenvalue weighted by molar-refractivity contribution is 6.06. The Bertz CT molecular complexity index is 1460. The number of ether oxygens (including phenoxy) is 3. The first-order valence-corrected chi connectivity index (χ1v) is 10.6. The molecule has 2 heterocycles. The van der Waals surface area contributed by atoms with E-state index in [1.54, 1.807) is 56.3 Å². The number of amides is 1. The van der Waals surface area contributed by atoms with Gasteiger partial charge in [-0.05, 0) is 43.7 Å². The quantitative estimate of drug-likeness (QED) is 0.401. The lowest BCUT2D eigenvalue weighted by atomic mass is 10.1. The molecule has 1 amide bonds. The lowest BCUT2D eigenvalue weighted by Crippen LogP contribution is -2.16. The number of fused-ring (bicyclic) bond motifs is 1. The molecule has 2 aromatic carbocycles. The van der Waals surface area contributed by atoms with Gasteiger partial charge in [-0.25, -0.2) is 9.78 Å². The van der Waals surface area contributed by atoms with Gasteiger partial charge in [-0.3, -0.25) is 9.59 Å². The molecule has 0 bridgehead atoms. The van der Waals surface area contributed by atoms with Crippen LogP contribution in [0.2, 0.25) is 0 Å². The van der Waals surface area contributed by atoms with Crippen molar-refractivity contribution in [3.05, 3.63) is 87.0 Å². The van der Waals surface area contributed by atoms with E-state index in [1.165, 1.54) is 20.3 Å². The molecule has 35 heavy (non-hydrogen) atoms. The standard InChI is InChI=1S/C25H23N3O7/c1-14-8-22-26-17(11-23(29)28(22)35-14)13-34-25(31)20-6-5-7-21(15(20)2)27-24(30)16-9-18(32-3)12-19(10-16)33-4/h5-12H,13H2,1-4H3,(H,27,30). The molecule has 1 N–H and O–H groups in total. The molecule has 2 aromatic heterocycles. The number of nitrogens with one attached hydrogen (secondary N) is 1. The van der Waals surface area contributed by atoms with Crippen molar-refractivity contribution in [2.75, 3.05) is 19.5 Å². The summed E-state index contributed by atoms with van der Waals surface area (Å²) in [7, 11) is 2.99. The molecule has 0 unspecified atom stereocenters. The van der Waals surface area contributed by atoms with Gasteiger partial charge in [0.25, 0.3) is 11.5 Å². The van der Waals surface area contributed by atoms with E-state index >= 15 is 0 Å². The van der Waals surface area contributed by atoms with Gasteiger partial charge in [0.2, 0.25) is 0 Å². The van der Waals surface area contributed by atoms with Crippen LogP contribution in [0.1, 0.15) is 37.7 Å². The molecule has 10 nitrogen and oxygen atoms in total. The van der Waals surface area contributed by atoms with Gasteiger partial charge in [-0.15, -0.1) is 4.57 Å². The number of anilines is 1. The van der Waals surface area contributed by atoms with Gasteiger partial charge in [0.1, 0.15) is 23.9 Å². The van der Waals surface area contributed by atoms with E-state index in [1.807, 2.05) is 0 Å². The summed E-state index contributed by atoms with van der Waals surface area (Å²) in [6.07, 6.45) is 0. The van der Waals surface area contributed by atoms with Gasteiger partial charge in [-0.1, -0.05) is 6.07 Å². The summed E-state index contributed by atoms with van der Waals surface area (Å²) in [5.74, 6) is 0.461. The Morgan fingerprint density at radius 1 is 1.03 bits per heavy atom. The highest BCUT2D eigenvalue weighted by Gasteiger charge is 2.17. The van der Waals surface area contributed by atoms with Crippen LogP contribution in [-0.4, -0.2) is 35.7 Å². The molecule has 0 aliphatic heterocycles. The van der Waals surface area contributed by atoms with Gasteiger partial charge in [0, 0.05) is 29.4 Å². The number of rotatable bonds is 7. The van der Waals surface area contributed by atoms with Crippen LogP contribution in [0.4, 0.5) is 5.69 Å². The molecule has 0 saturated carbocycles. The fraction of sp³-hybridized carbons (Fsp3) is 0.200. The lowest BCUT2D eigenvalue weighted by molar-refractivity contribution is 0.0466. The largest absolute Gasteiger partial charge is 0.497 e. The second-order valence-corrected chi connectivity index (χ2v) is 7.69. The predicted octanol–water partition coefficient (Wildman–Crippen LogP) is 3.53. The van der Waals surface area contributed by atoms with Crippen LogP contribution in [0.15, 0.2) is 57.8 Å². The SMILES string of the molecule is COc1cc(OC)cc(C(=O)Nc2cccc(C(=O)OCc3cc(=O)n4oc(C)cc4n3)c2C)c1. The van der Waals surface area contributed by atoms with E-state index in [9.17, 15) is 14.4 Å². The third-order valence-electron chi connectivity index (χ3n) is 5.29. The van der Waals surface area contributed by atoms with Crippen LogP contribution in [0.3, 0.4) is 0 Å². The van der Waals surface area contributed by atoms with Crippen molar-refractivity contribution >= 4 is 23.2 Å². The van der Waals surface area contributed by atoms with Crippen molar-refractivity contribution in [3.63, 3.8) is 0 Å². The molecule has 0 aliphatic rings. The van der Waals surface area contributed by atoms with E-state index in [4.69, 9.17) is 18.7 Å². The van der Waals surface area contributed by atoms with Gasteiger partial charge in [-0.2, -0.15) is 0 Å². The first-order valence-electron chi connectivity index (χ1n) is 10.6. The van der Waals surface area contributed by atoms with Crippen molar-refractivity contribution in [3.8, 4) is 11.5 Å². The van der Waals surface area contributed by atoms with E-state index in [0.29, 0.717) is 45.4 Å². The maximum atomic E-state index is 12.8. The summed E-state index contributed by atoms with van der Waals surface area (Å²) < 4.78 is 22.1. The second-order valence-electron chi connectivity index (χ2n) is 7.69. The maximum Gasteiger partial charge on any atom is 0.338 e. The molecular weight excluding hydrogens is 454 g/mol. The molecule has 0 aliphatic carbocycles. The topological polar surface area (TPSA) is 121 Å². The monoisotopic (exact) mass is 477 g/mol. The highest BCUT2D eigenvalue weighted by Crippen LogP contribution is 2.25. The van der Waals surface area contributed by atoms with Gasteiger partial charge < -0.3 is 24.1 Å². The molecule has 10 heteroatoms. The Hall–Kier alpha value is -4.60. The molecule has 180 valence electrons. The molecular formula is C25H23N3O7. The zero-order chi connectivity index (χ0) is 25.1. The number of aromatic nitrogens is 2. The van der Waals surface area contributed by atoms with E-state index in [0.717, 1.165) is 4.57 Å². The Labute approximate surface area is 200 Å². The minimum atomic E-state index is -0.618. The number of hydrogen-bond donors (Lipinski definition) is 1. The van der Waals surface area contributed by atoms with Crippen LogP contribution < -0.4 is 20.3 Å². The molecule has 4 aromatic rings. The summed E-state index contributed by atoms with van der Waals surface area (Å²) in [6.45, 7) is 3.20. The van der Waals surface area contributed by atoms with Crippen LogP contribution in [0.25, 0.3) is 5.65 Å². The zero-order valence-electron chi connectivity index (χ0n) is 19.6. The summed E-state index contributed by atoms with van der Waals surface area (Å²) in [5, 5.41) is 2.80. The first kappa shape index (κ1) is 23.6. The van der Waals surface area contributed by atoms with Crippen LogP contribution in [0.5, 0.6) is 11.5 Å². The van der Waals surface area contributed by atoms with Crippen molar-refractivity contribution < 1.29 is 28.3 Å². The lowest BCUT2D eigenvalue weighted by Gasteiger charge is -2.13. The van der Waals surface area contributed by atoms with Gasteiger partial charge >= 0.3 is 5.97 Å². The van der Waals surface area contributed by atoms with E-state index in [2.05, 4.69) is 10.3 Å². The number of benzene rings is 2. The third kappa shape index (κ3) is 5.01. The second kappa shape index (κ2) is 9.72. The molecule has 0 spiro atoms. The minimum Gasteiger partial charge on any atom is -0.497 e. The smallest absolute Gasteiger partial charge is 0.338 e. The number of carbonyl (C=O) groups excluding carboxylic acids is 2. The fourth-order valence-electron chi connectivity index (χ4n) is 3.49. The van der Waals surface area contributed by atoms with Crippen molar-refractivity contribution in [2.24, 2.45) is 0 Å². The summed E-state index contributed by atoms with van der Waals surface area (Å²) in [6, 6.07) is 12.6. The van der Waals surface area contributed by atoms with E-state index in [-0.39, 0.29) is 12.2 Å². The predicted molar refractivity (Wildman–Crippen MR) is 126 cm³/mol. The van der Waals surface area contributed by atoms with Crippen LogP contribution >= 0.6 is 0 Å². The fourth-order valence-corrected chi connectivity index (χ4v) is 3.49. The highest BCUT2D eigenvalue weighted by atomic mass is 16.5. The Morgan fingerprint density at radius 3 is 2.43 bits per heavy atom. The van der Waals surface area contributed by atoms with Crippen LogP contribution in [0, 0.1) is 13.8 Å². The molecule has 4 rings (SSSR count). The average molecular weight is 477 g/mol. The molecule has 0 fully saturated rings. The number of esters is 1. The minimum absolute atomic E-state index is 0.200.